The highest BCUT2D eigenvalue weighted by atomic mass is 16.3. The van der Waals surface area contributed by atoms with Crippen LogP contribution in [0.1, 0.15) is 5.56 Å². The van der Waals surface area contributed by atoms with E-state index in [1.54, 1.807) is 12.1 Å². The standard InChI is InChI=1S/C20H14N2O/c23-15-11-9-14(10-12-15)13-21-20-16-5-1-3-7-18(16)22-19-8-4-2-6-17(19)20/h1-13,23H. The summed E-state index contributed by atoms with van der Waals surface area (Å²) in [6.45, 7) is 0. The number of rotatable bonds is 2. The van der Waals surface area contributed by atoms with Crippen LogP contribution >= 0.6 is 0 Å². The Bertz CT molecular complexity index is 967. The second-order valence-electron chi connectivity index (χ2n) is 5.34. The van der Waals surface area contributed by atoms with Gasteiger partial charge in [0.25, 0.3) is 0 Å². The van der Waals surface area contributed by atoms with Crippen molar-refractivity contribution in [1.29, 1.82) is 0 Å². The summed E-state index contributed by atoms with van der Waals surface area (Å²) in [5.41, 5.74) is 3.72. The number of phenols is 1. The number of hydrogen-bond donors (Lipinski definition) is 1. The fraction of sp³-hybridized carbons (Fsp3) is 0. The Balaban J connectivity index is 1.93. The van der Waals surface area contributed by atoms with E-state index in [2.05, 4.69) is 0 Å². The topological polar surface area (TPSA) is 45.5 Å². The highest BCUT2D eigenvalue weighted by Crippen LogP contribution is 2.32. The average Bonchev–Trinajstić information content (AvgIpc) is 2.60. The molecular formula is C20H14N2O. The van der Waals surface area contributed by atoms with Crippen LogP contribution in [0.2, 0.25) is 0 Å². The molecule has 1 aromatic heterocycles. The van der Waals surface area contributed by atoms with E-state index in [-0.39, 0.29) is 5.75 Å². The third kappa shape index (κ3) is 2.53. The van der Waals surface area contributed by atoms with Gasteiger partial charge in [0.2, 0.25) is 0 Å². The summed E-state index contributed by atoms with van der Waals surface area (Å²) in [6.07, 6.45) is 1.81. The van der Waals surface area contributed by atoms with Gasteiger partial charge in [-0.05, 0) is 42.0 Å². The van der Waals surface area contributed by atoms with Crippen LogP contribution in [0.5, 0.6) is 5.75 Å². The zero-order valence-electron chi connectivity index (χ0n) is 12.3. The first-order chi connectivity index (χ1) is 11.3. The molecule has 0 unspecified atom stereocenters. The summed E-state index contributed by atoms with van der Waals surface area (Å²) in [5.74, 6) is 0.252. The monoisotopic (exact) mass is 298 g/mol. The summed E-state index contributed by atoms with van der Waals surface area (Å²) in [6, 6.07) is 23.0. The van der Waals surface area contributed by atoms with Gasteiger partial charge in [-0.25, -0.2) is 4.98 Å². The Morgan fingerprint density at radius 1 is 0.739 bits per heavy atom. The molecule has 3 aromatic carbocycles. The van der Waals surface area contributed by atoms with E-state index < -0.39 is 0 Å². The maximum absolute atomic E-state index is 9.37. The van der Waals surface area contributed by atoms with E-state index in [0.717, 1.165) is 33.1 Å². The van der Waals surface area contributed by atoms with E-state index >= 15 is 0 Å². The largest absolute Gasteiger partial charge is 0.508 e. The summed E-state index contributed by atoms with van der Waals surface area (Å²) in [4.78, 5) is 9.41. The molecule has 4 rings (SSSR count). The van der Waals surface area contributed by atoms with Crippen molar-refractivity contribution in [2.24, 2.45) is 4.99 Å². The SMILES string of the molecule is Oc1ccc(C=Nc2c3ccccc3nc3ccccc23)cc1. The molecule has 1 heterocycles. The molecule has 4 aromatic rings. The van der Waals surface area contributed by atoms with E-state index in [1.807, 2.05) is 66.9 Å². The van der Waals surface area contributed by atoms with E-state index in [9.17, 15) is 5.11 Å². The smallest absolute Gasteiger partial charge is 0.115 e. The molecule has 23 heavy (non-hydrogen) atoms. The van der Waals surface area contributed by atoms with Gasteiger partial charge >= 0.3 is 0 Å². The number of benzene rings is 3. The van der Waals surface area contributed by atoms with Crippen LogP contribution in [-0.2, 0) is 0 Å². The molecule has 1 N–H and O–H groups in total. The lowest BCUT2D eigenvalue weighted by Gasteiger charge is -2.06. The summed E-state index contributed by atoms with van der Waals surface area (Å²) >= 11 is 0. The van der Waals surface area contributed by atoms with E-state index in [1.165, 1.54) is 0 Å². The van der Waals surface area contributed by atoms with Crippen LogP contribution in [-0.4, -0.2) is 16.3 Å². The van der Waals surface area contributed by atoms with Crippen molar-refractivity contribution in [1.82, 2.24) is 4.98 Å². The molecule has 0 amide bonds. The second-order valence-corrected chi connectivity index (χ2v) is 5.34. The average molecular weight is 298 g/mol. The van der Waals surface area contributed by atoms with Crippen molar-refractivity contribution in [3.05, 3.63) is 78.4 Å². The molecule has 0 aliphatic rings. The quantitative estimate of drug-likeness (QED) is 0.425. The predicted octanol–water partition coefficient (Wildman–Crippen LogP) is 4.84. The van der Waals surface area contributed by atoms with E-state index in [4.69, 9.17) is 9.98 Å². The lowest BCUT2D eigenvalue weighted by molar-refractivity contribution is 0.475. The van der Waals surface area contributed by atoms with Crippen LogP contribution in [0.4, 0.5) is 5.69 Å². The maximum Gasteiger partial charge on any atom is 0.115 e. The first-order valence-electron chi connectivity index (χ1n) is 7.42. The summed E-state index contributed by atoms with van der Waals surface area (Å²) < 4.78 is 0. The van der Waals surface area contributed by atoms with Crippen molar-refractivity contribution in [3.63, 3.8) is 0 Å². The van der Waals surface area contributed by atoms with Gasteiger partial charge < -0.3 is 5.11 Å². The van der Waals surface area contributed by atoms with Crippen LogP contribution in [0, 0.1) is 0 Å². The number of pyridine rings is 1. The van der Waals surface area contributed by atoms with Gasteiger partial charge in [-0.3, -0.25) is 4.99 Å². The van der Waals surface area contributed by atoms with Crippen LogP contribution in [0.25, 0.3) is 21.8 Å². The number of hydrogen-bond acceptors (Lipinski definition) is 3. The Morgan fingerprint density at radius 2 is 1.30 bits per heavy atom. The number of para-hydroxylation sites is 2. The normalized spacial score (nSPS) is 11.5. The Kier molecular flexibility index (Phi) is 3.24. The molecule has 0 aliphatic carbocycles. The summed E-state index contributed by atoms with van der Waals surface area (Å²) in [5, 5.41) is 11.4. The molecule has 0 atom stereocenters. The van der Waals surface area contributed by atoms with Gasteiger partial charge in [0.05, 0.1) is 16.7 Å². The van der Waals surface area contributed by atoms with Crippen molar-refractivity contribution in [3.8, 4) is 5.75 Å². The van der Waals surface area contributed by atoms with Gasteiger partial charge in [-0.1, -0.05) is 36.4 Å². The van der Waals surface area contributed by atoms with Gasteiger partial charge in [-0.2, -0.15) is 0 Å². The highest BCUT2D eigenvalue weighted by Gasteiger charge is 2.07. The number of fused-ring (bicyclic) bond motifs is 2. The third-order valence-corrected chi connectivity index (χ3v) is 3.80. The number of aromatic hydroxyl groups is 1. The molecule has 0 radical (unpaired) electrons. The van der Waals surface area contributed by atoms with Gasteiger partial charge in [-0.15, -0.1) is 0 Å². The van der Waals surface area contributed by atoms with Crippen LogP contribution in [0.15, 0.2) is 77.8 Å². The van der Waals surface area contributed by atoms with Gasteiger partial charge in [0.15, 0.2) is 0 Å². The third-order valence-electron chi connectivity index (χ3n) is 3.80. The maximum atomic E-state index is 9.37. The molecule has 3 heteroatoms. The fourth-order valence-electron chi connectivity index (χ4n) is 2.66. The molecule has 0 saturated heterocycles. The minimum atomic E-state index is 0.252. The number of aromatic nitrogens is 1. The molecule has 0 bridgehead atoms. The first-order valence-corrected chi connectivity index (χ1v) is 7.42. The molecule has 0 saturated carbocycles. The van der Waals surface area contributed by atoms with Crippen LogP contribution < -0.4 is 0 Å². The molecule has 0 aliphatic heterocycles. The minimum absolute atomic E-state index is 0.252. The van der Waals surface area contributed by atoms with Crippen molar-refractivity contribution >= 4 is 33.7 Å². The zero-order chi connectivity index (χ0) is 15.6. The lowest BCUT2D eigenvalue weighted by atomic mass is 10.1. The van der Waals surface area contributed by atoms with Crippen molar-refractivity contribution < 1.29 is 5.11 Å². The number of aliphatic imine (C=N–C) groups is 1. The number of nitrogens with zero attached hydrogens (tertiary/aromatic N) is 2. The fourth-order valence-corrected chi connectivity index (χ4v) is 2.66. The molecular weight excluding hydrogens is 284 g/mol. The Morgan fingerprint density at radius 3 is 1.91 bits per heavy atom. The molecule has 3 nitrogen and oxygen atoms in total. The number of phenolic OH excluding ortho intramolecular Hbond substituents is 1. The molecule has 0 spiro atoms. The lowest BCUT2D eigenvalue weighted by Crippen LogP contribution is -1.85. The van der Waals surface area contributed by atoms with Gasteiger partial charge in [0, 0.05) is 17.0 Å². The Hall–Kier alpha value is -3.20. The highest BCUT2D eigenvalue weighted by molar-refractivity contribution is 6.07. The predicted molar refractivity (Wildman–Crippen MR) is 94.6 cm³/mol. The van der Waals surface area contributed by atoms with Crippen molar-refractivity contribution in [2.75, 3.05) is 0 Å². The first kappa shape index (κ1) is 13.5. The van der Waals surface area contributed by atoms with Crippen molar-refractivity contribution in [2.45, 2.75) is 0 Å². The molecule has 110 valence electrons. The summed E-state index contributed by atoms with van der Waals surface area (Å²) in [7, 11) is 0. The van der Waals surface area contributed by atoms with Gasteiger partial charge in [0.1, 0.15) is 5.75 Å². The second kappa shape index (κ2) is 5.54. The van der Waals surface area contributed by atoms with E-state index in [0.29, 0.717) is 0 Å². The Labute approximate surface area is 133 Å². The van der Waals surface area contributed by atoms with Crippen LogP contribution in [0.3, 0.4) is 0 Å². The molecule has 0 fully saturated rings. The minimum Gasteiger partial charge on any atom is -0.508 e. The zero-order valence-corrected chi connectivity index (χ0v) is 12.3.